The molecule has 0 atom stereocenters. The molecule has 7 nitrogen and oxygen atoms in total. The summed E-state index contributed by atoms with van der Waals surface area (Å²) < 4.78 is 38.1. The van der Waals surface area contributed by atoms with E-state index < -0.39 is 31.3 Å². The summed E-state index contributed by atoms with van der Waals surface area (Å²) in [6, 6.07) is 2.23. The third kappa shape index (κ3) is 3.19. The molecule has 1 rings (SSSR count). The highest BCUT2D eigenvalue weighted by Gasteiger charge is 2.25. The molecule has 0 amide bonds. The van der Waals surface area contributed by atoms with Crippen molar-refractivity contribution in [1.82, 2.24) is 4.72 Å². The Labute approximate surface area is 96.6 Å². The maximum Gasteiger partial charge on any atom is 0.292 e. The van der Waals surface area contributed by atoms with Gasteiger partial charge in [0.25, 0.3) is 5.69 Å². The first kappa shape index (κ1) is 13.5. The maximum absolute atomic E-state index is 12.8. The van der Waals surface area contributed by atoms with Gasteiger partial charge in [-0.15, -0.1) is 0 Å². The van der Waals surface area contributed by atoms with E-state index in [0.29, 0.717) is 6.07 Å². The molecule has 0 fully saturated rings. The van der Waals surface area contributed by atoms with Gasteiger partial charge in [0.15, 0.2) is 4.90 Å². The van der Waals surface area contributed by atoms with Crippen molar-refractivity contribution in [2.45, 2.75) is 4.90 Å². The van der Waals surface area contributed by atoms with Crippen molar-refractivity contribution in [3.05, 3.63) is 34.1 Å². The van der Waals surface area contributed by atoms with E-state index in [1.807, 2.05) is 0 Å². The standard InChI is InChI=1S/C8H10FN3O4S/c9-6-1-2-8(7(5-6)12(13)14)17(15,16)11-4-3-10/h1-2,5,11H,3-4,10H2. The minimum absolute atomic E-state index is 0.0498. The average Bonchev–Trinajstić information content (AvgIpc) is 2.26. The van der Waals surface area contributed by atoms with Crippen LogP contribution >= 0.6 is 0 Å². The lowest BCUT2D eigenvalue weighted by Gasteiger charge is -2.05. The van der Waals surface area contributed by atoms with E-state index in [0.717, 1.165) is 12.1 Å². The van der Waals surface area contributed by atoms with Crippen LogP contribution in [0.2, 0.25) is 0 Å². The van der Waals surface area contributed by atoms with Gasteiger partial charge in [0.2, 0.25) is 10.0 Å². The van der Waals surface area contributed by atoms with E-state index in [4.69, 9.17) is 5.73 Å². The minimum Gasteiger partial charge on any atom is -0.329 e. The molecule has 94 valence electrons. The van der Waals surface area contributed by atoms with Crippen LogP contribution in [0.4, 0.5) is 10.1 Å². The van der Waals surface area contributed by atoms with E-state index in [9.17, 15) is 22.9 Å². The second kappa shape index (κ2) is 5.17. The highest BCUT2D eigenvalue weighted by Crippen LogP contribution is 2.24. The smallest absolute Gasteiger partial charge is 0.292 e. The number of hydrogen-bond acceptors (Lipinski definition) is 5. The van der Waals surface area contributed by atoms with Crippen LogP contribution in [0, 0.1) is 15.9 Å². The van der Waals surface area contributed by atoms with Crippen molar-refractivity contribution >= 4 is 15.7 Å². The zero-order chi connectivity index (χ0) is 13.1. The Morgan fingerprint density at radius 3 is 2.65 bits per heavy atom. The molecule has 0 aliphatic heterocycles. The number of nitro groups is 1. The number of hydrogen-bond donors (Lipinski definition) is 2. The lowest BCUT2D eigenvalue weighted by molar-refractivity contribution is -0.388. The van der Waals surface area contributed by atoms with Gasteiger partial charge in [-0.25, -0.2) is 17.5 Å². The molecular formula is C8H10FN3O4S. The molecule has 3 N–H and O–H groups in total. The molecule has 0 spiro atoms. The van der Waals surface area contributed by atoms with E-state index in [2.05, 4.69) is 4.72 Å². The van der Waals surface area contributed by atoms with Crippen molar-refractivity contribution in [3.63, 3.8) is 0 Å². The van der Waals surface area contributed by atoms with Crippen molar-refractivity contribution in [3.8, 4) is 0 Å². The molecule has 0 aliphatic rings. The topological polar surface area (TPSA) is 115 Å². The van der Waals surface area contributed by atoms with Crippen LogP contribution in [0.3, 0.4) is 0 Å². The van der Waals surface area contributed by atoms with Crippen LogP contribution in [0.25, 0.3) is 0 Å². The average molecular weight is 263 g/mol. The van der Waals surface area contributed by atoms with Crippen LogP contribution in [-0.2, 0) is 10.0 Å². The van der Waals surface area contributed by atoms with Crippen molar-refractivity contribution in [2.75, 3.05) is 13.1 Å². The number of rotatable bonds is 5. The summed E-state index contributed by atoms with van der Waals surface area (Å²) in [5.74, 6) is -0.880. The van der Waals surface area contributed by atoms with Gasteiger partial charge in [-0.1, -0.05) is 0 Å². The number of halogens is 1. The van der Waals surface area contributed by atoms with Crippen LogP contribution in [0.1, 0.15) is 0 Å². The molecule has 0 saturated carbocycles. The van der Waals surface area contributed by atoms with Gasteiger partial charge in [0, 0.05) is 13.1 Å². The molecule has 17 heavy (non-hydrogen) atoms. The molecule has 0 aliphatic carbocycles. The molecule has 0 aromatic heterocycles. The summed E-state index contributed by atoms with van der Waals surface area (Å²) >= 11 is 0. The molecule has 9 heteroatoms. The van der Waals surface area contributed by atoms with Crippen molar-refractivity contribution in [1.29, 1.82) is 0 Å². The summed E-state index contributed by atoms with van der Waals surface area (Å²) in [6.07, 6.45) is 0. The molecule has 0 heterocycles. The normalized spacial score (nSPS) is 11.4. The van der Waals surface area contributed by atoms with Gasteiger partial charge < -0.3 is 5.73 Å². The Kier molecular flexibility index (Phi) is 4.10. The third-order valence-electron chi connectivity index (χ3n) is 1.84. The fourth-order valence-corrected chi connectivity index (χ4v) is 2.33. The van der Waals surface area contributed by atoms with Crippen LogP contribution < -0.4 is 10.5 Å². The Morgan fingerprint density at radius 1 is 1.47 bits per heavy atom. The molecule has 0 saturated heterocycles. The monoisotopic (exact) mass is 263 g/mol. The van der Waals surface area contributed by atoms with Gasteiger partial charge in [-0.3, -0.25) is 10.1 Å². The molecular weight excluding hydrogens is 253 g/mol. The Morgan fingerprint density at radius 2 is 2.12 bits per heavy atom. The summed E-state index contributed by atoms with van der Waals surface area (Å²) in [5.41, 5.74) is 4.30. The second-order valence-electron chi connectivity index (χ2n) is 3.06. The van der Waals surface area contributed by atoms with Gasteiger partial charge in [0.1, 0.15) is 5.82 Å². The second-order valence-corrected chi connectivity index (χ2v) is 4.79. The maximum atomic E-state index is 12.8. The zero-order valence-corrected chi connectivity index (χ0v) is 9.41. The van der Waals surface area contributed by atoms with Gasteiger partial charge in [-0.05, 0) is 12.1 Å². The minimum atomic E-state index is -4.05. The van der Waals surface area contributed by atoms with Crippen LogP contribution in [-0.4, -0.2) is 26.4 Å². The van der Waals surface area contributed by atoms with E-state index in [-0.39, 0.29) is 13.1 Å². The first-order valence-corrected chi connectivity index (χ1v) is 6.00. The zero-order valence-electron chi connectivity index (χ0n) is 8.59. The Bertz CT molecular complexity index is 532. The largest absolute Gasteiger partial charge is 0.329 e. The van der Waals surface area contributed by atoms with Crippen molar-refractivity contribution in [2.24, 2.45) is 5.73 Å². The lowest BCUT2D eigenvalue weighted by Crippen LogP contribution is -2.29. The summed E-state index contributed by atoms with van der Waals surface area (Å²) in [5, 5.41) is 10.6. The van der Waals surface area contributed by atoms with Crippen LogP contribution in [0.15, 0.2) is 23.1 Å². The number of nitro benzene ring substituents is 1. The number of nitrogens with one attached hydrogen (secondary N) is 1. The Hall–Kier alpha value is -1.58. The molecule has 0 bridgehead atoms. The summed E-state index contributed by atoms with van der Waals surface area (Å²) in [7, 11) is -4.05. The van der Waals surface area contributed by atoms with E-state index in [1.54, 1.807) is 0 Å². The predicted octanol–water partition coefficient (Wildman–Crippen LogP) is -0.0291. The predicted molar refractivity (Wildman–Crippen MR) is 57.3 cm³/mol. The number of nitrogens with zero attached hydrogens (tertiary/aromatic N) is 1. The summed E-state index contributed by atoms with van der Waals surface area (Å²) in [6.45, 7) is -0.00884. The number of nitrogens with two attached hydrogens (primary N) is 1. The molecule has 1 aromatic rings. The van der Waals surface area contributed by atoms with Crippen LogP contribution in [0.5, 0.6) is 0 Å². The SMILES string of the molecule is NCCNS(=O)(=O)c1ccc(F)cc1[N+](=O)[O-]. The first-order chi connectivity index (χ1) is 7.88. The van der Waals surface area contributed by atoms with Gasteiger partial charge >= 0.3 is 0 Å². The first-order valence-electron chi connectivity index (χ1n) is 4.52. The highest BCUT2D eigenvalue weighted by molar-refractivity contribution is 7.89. The Balaban J connectivity index is 3.26. The molecule has 1 aromatic carbocycles. The van der Waals surface area contributed by atoms with Crippen molar-refractivity contribution < 1.29 is 17.7 Å². The number of sulfonamides is 1. The lowest BCUT2D eigenvalue weighted by atomic mass is 10.3. The third-order valence-corrected chi connectivity index (χ3v) is 3.35. The van der Waals surface area contributed by atoms with Gasteiger partial charge in [-0.2, -0.15) is 0 Å². The fourth-order valence-electron chi connectivity index (χ4n) is 1.13. The van der Waals surface area contributed by atoms with E-state index >= 15 is 0 Å². The highest BCUT2D eigenvalue weighted by atomic mass is 32.2. The van der Waals surface area contributed by atoms with Gasteiger partial charge in [0.05, 0.1) is 11.0 Å². The molecule has 0 radical (unpaired) electrons. The molecule has 0 unspecified atom stereocenters. The quantitative estimate of drug-likeness (QED) is 0.571. The summed E-state index contributed by atoms with van der Waals surface area (Å²) in [4.78, 5) is 9.07. The fraction of sp³-hybridized carbons (Fsp3) is 0.250. The number of benzene rings is 1. The van der Waals surface area contributed by atoms with E-state index in [1.165, 1.54) is 0 Å².